The van der Waals surface area contributed by atoms with E-state index in [2.05, 4.69) is 41.7 Å². The summed E-state index contributed by atoms with van der Waals surface area (Å²) in [5.41, 5.74) is -3.40. The molecule has 268 valence electrons. The highest BCUT2D eigenvalue weighted by molar-refractivity contribution is 5.82. The molecule has 2 atom stereocenters. The maximum absolute atomic E-state index is 13.4. The molecule has 16 nitrogen and oxygen atoms in total. The Kier molecular flexibility index (Phi) is 17.7. The maximum atomic E-state index is 13.4. The van der Waals surface area contributed by atoms with Crippen molar-refractivity contribution in [1.82, 2.24) is 10.6 Å². The van der Waals surface area contributed by atoms with Crippen molar-refractivity contribution in [3.05, 3.63) is 50.6 Å². The molecule has 0 saturated carbocycles. The first kappa shape index (κ1) is 42.6. The lowest BCUT2D eigenvalue weighted by Crippen LogP contribution is -2.55. The molecule has 0 aromatic carbocycles. The van der Waals surface area contributed by atoms with Gasteiger partial charge in [-0.25, -0.2) is 38.0 Å². The van der Waals surface area contributed by atoms with Crippen LogP contribution in [0.5, 0.6) is 0 Å². The van der Waals surface area contributed by atoms with E-state index in [1.807, 2.05) is 0 Å². The Bertz CT molecular complexity index is 1190. The van der Waals surface area contributed by atoms with Crippen LogP contribution in [0.25, 0.3) is 0 Å². The highest BCUT2D eigenvalue weighted by atomic mass is 19.4. The topological polar surface area (TPSA) is 208 Å². The number of hydrogen-bond acceptors (Lipinski definition) is 14. The highest BCUT2D eigenvalue weighted by Gasteiger charge is 2.47. The van der Waals surface area contributed by atoms with Crippen molar-refractivity contribution in [2.24, 2.45) is 0 Å². The number of halogens is 4. The Hall–Kier alpha value is -5.43. The van der Waals surface area contributed by atoms with Crippen LogP contribution in [-0.4, -0.2) is 111 Å². The third-order valence-corrected chi connectivity index (χ3v) is 5.19. The maximum Gasteiger partial charge on any atom is 0.430 e. The van der Waals surface area contributed by atoms with Gasteiger partial charge in [-0.05, 0) is 13.8 Å². The van der Waals surface area contributed by atoms with Crippen LogP contribution in [0.2, 0.25) is 0 Å². The molecule has 0 fully saturated rings. The predicted molar refractivity (Wildman–Crippen MR) is 151 cm³/mol. The summed E-state index contributed by atoms with van der Waals surface area (Å²) >= 11 is 0. The van der Waals surface area contributed by atoms with E-state index in [0.29, 0.717) is 0 Å². The lowest BCUT2D eigenvalue weighted by atomic mass is 10.1. The molecule has 0 aliphatic rings. The van der Waals surface area contributed by atoms with Crippen LogP contribution in [-0.2, 0) is 57.1 Å². The summed E-state index contributed by atoms with van der Waals surface area (Å²) in [5, 5.41) is 4.36. The van der Waals surface area contributed by atoms with E-state index in [1.165, 1.54) is 13.8 Å². The quantitative estimate of drug-likeness (QED) is 0.0803. The highest BCUT2D eigenvalue weighted by Crippen LogP contribution is 2.24. The third-order valence-electron chi connectivity index (χ3n) is 5.19. The number of ether oxygens (including phenoxy) is 7. The van der Waals surface area contributed by atoms with Crippen LogP contribution >= 0.6 is 0 Å². The van der Waals surface area contributed by atoms with Gasteiger partial charge in [0.15, 0.2) is 6.10 Å². The summed E-state index contributed by atoms with van der Waals surface area (Å²) in [7, 11) is 0. The van der Waals surface area contributed by atoms with Crippen molar-refractivity contribution in [1.29, 1.82) is 0 Å². The molecule has 0 aromatic heterocycles. The van der Waals surface area contributed by atoms with Crippen molar-refractivity contribution < 1.29 is 84.3 Å². The van der Waals surface area contributed by atoms with E-state index in [0.717, 1.165) is 24.3 Å². The van der Waals surface area contributed by atoms with E-state index >= 15 is 0 Å². The van der Waals surface area contributed by atoms with Gasteiger partial charge in [-0.3, -0.25) is 0 Å². The van der Waals surface area contributed by atoms with Gasteiger partial charge in [0.25, 0.3) is 6.17 Å². The molecule has 0 aliphatic carbocycles. The van der Waals surface area contributed by atoms with Gasteiger partial charge in [-0.15, -0.1) is 0 Å². The second-order valence-electron chi connectivity index (χ2n) is 9.78. The van der Waals surface area contributed by atoms with E-state index in [9.17, 15) is 51.1 Å². The van der Waals surface area contributed by atoms with Crippen LogP contribution in [0.15, 0.2) is 50.6 Å². The normalized spacial score (nSPS) is 12.4. The van der Waals surface area contributed by atoms with Gasteiger partial charge in [0, 0.05) is 24.3 Å². The number of hydrogen-bond donors (Lipinski definition) is 2. The Morgan fingerprint density at radius 1 is 0.604 bits per heavy atom. The number of alkyl carbamates (subject to hydrolysis) is 2. The van der Waals surface area contributed by atoms with Crippen molar-refractivity contribution in [2.45, 2.75) is 43.4 Å². The van der Waals surface area contributed by atoms with Crippen LogP contribution in [0.1, 0.15) is 13.8 Å². The molecule has 0 bridgehead atoms. The number of alkyl halides is 4. The molecule has 48 heavy (non-hydrogen) atoms. The van der Waals surface area contributed by atoms with Crippen molar-refractivity contribution in [3.63, 3.8) is 0 Å². The number of esters is 5. The first-order valence-corrected chi connectivity index (χ1v) is 13.2. The first-order valence-electron chi connectivity index (χ1n) is 13.2. The summed E-state index contributed by atoms with van der Waals surface area (Å²) in [5.74, 6) is -6.18. The Morgan fingerprint density at radius 2 is 0.938 bits per heavy atom. The molecule has 0 aromatic rings. The van der Waals surface area contributed by atoms with Crippen LogP contribution in [0.3, 0.4) is 0 Å². The summed E-state index contributed by atoms with van der Waals surface area (Å²) in [6, 6.07) is 0. The summed E-state index contributed by atoms with van der Waals surface area (Å²) in [6.07, 6.45) is -11.4. The number of nitrogens with one attached hydrogen (secondary N) is 2. The molecular formula is C28H34F4N2O14. The largest absolute Gasteiger partial charge is 0.460 e. The minimum atomic E-state index is -5.64. The minimum absolute atomic E-state index is 0.613. The zero-order valence-electron chi connectivity index (χ0n) is 25.8. The molecule has 20 heteroatoms. The molecule has 0 rings (SSSR count). The lowest BCUT2D eigenvalue weighted by molar-refractivity contribution is -0.202. The van der Waals surface area contributed by atoms with Gasteiger partial charge in [0.2, 0.25) is 0 Å². The zero-order valence-corrected chi connectivity index (χ0v) is 25.8. The van der Waals surface area contributed by atoms with Gasteiger partial charge < -0.3 is 43.8 Å². The predicted octanol–water partition coefficient (Wildman–Crippen LogP) is 1.69. The molecule has 0 spiro atoms. The molecule has 0 radical (unpaired) electrons. The number of carbonyl (C=O) groups excluding carboxylic acids is 7. The smallest absolute Gasteiger partial charge is 0.430 e. The SMILES string of the molecule is C=CC(=O)OCC(C)(COC(=O)C=C)NC(=O)OCC(COC(=O)C(F)C(F)(F)F)OC(=O)NC(C)(COC(=O)C=C)COC(=O)C=C. The molecule has 2 amide bonds. The second kappa shape index (κ2) is 19.9. The van der Waals surface area contributed by atoms with E-state index < -0.39 is 111 Å². The fourth-order valence-corrected chi connectivity index (χ4v) is 2.76. The monoisotopic (exact) mass is 698 g/mol. The summed E-state index contributed by atoms with van der Waals surface area (Å²) in [6.45, 7) is 10.3. The lowest BCUT2D eigenvalue weighted by Gasteiger charge is -2.30. The van der Waals surface area contributed by atoms with Gasteiger partial charge in [0.1, 0.15) is 50.7 Å². The van der Waals surface area contributed by atoms with Crippen molar-refractivity contribution in [2.75, 3.05) is 39.6 Å². The van der Waals surface area contributed by atoms with Crippen LogP contribution in [0.4, 0.5) is 27.2 Å². The van der Waals surface area contributed by atoms with E-state index in [-0.39, 0.29) is 0 Å². The standard InChI is InChI=1S/C28H34F4N2O14/c1-7-18(35)44-13-26(5,14-45-19(36)8-2)33-24(40)43-12-17(11-42-23(39)22(29)28(30,31)32)48-25(41)34-27(6,15-46-20(37)9-3)16-47-21(38)10-4/h7-10,17,22H,1-4,11-16H2,5-6H3,(H,33,40)(H,34,41). The Morgan fingerprint density at radius 3 is 1.27 bits per heavy atom. The Balaban J connectivity index is 5.93. The molecular weight excluding hydrogens is 664 g/mol. The third kappa shape index (κ3) is 17.3. The Labute approximate surface area is 271 Å². The number of amides is 2. The first-order chi connectivity index (χ1) is 22.2. The molecule has 0 heterocycles. The van der Waals surface area contributed by atoms with Crippen molar-refractivity contribution in [3.8, 4) is 0 Å². The molecule has 0 saturated heterocycles. The summed E-state index contributed by atoms with van der Waals surface area (Å²) in [4.78, 5) is 83.0. The second-order valence-corrected chi connectivity index (χ2v) is 9.78. The average molecular weight is 699 g/mol. The fraction of sp³-hybridized carbons (Fsp3) is 0.464. The number of carbonyl (C=O) groups is 7. The van der Waals surface area contributed by atoms with Gasteiger partial charge in [-0.1, -0.05) is 26.3 Å². The van der Waals surface area contributed by atoms with Gasteiger partial charge in [0.05, 0.1) is 0 Å². The van der Waals surface area contributed by atoms with Crippen LogP contribution in [0, 0.1) is 0 Å². The minimum Gasteiger partial charge on any atom is -0.460 e. The molecule has 2 N–H and O–H groups in total. The molecule has 2 unspecified atom stereocenters. The molecule has 0 aliphatic heterocycles. The average Bonchev–Trinajstić information content (AvgIpc) is 3.03. The zero-order chi connectivity index (χ0) is 37.1. The van der Waals surface area contributed by atoms with Gasteiger partial charge in [-0.2, -0.15) is 13.2 Å². The summed E-state index contributed by atoms with van der Waals surface area (Å²) < 4.78 is 84.8. The number of rotatable bonds is 20. The van der Waals surface area contributed by atoms with Crippen LogP contribution < -0.4 is 10.6 Å². The van der Waals surface area contributed by atoms with Gasteiger partial charge >= 0.3 is 48.2 Å². The van der Waals surface area contributed by atoms with E-state index in [4.69, 9.17) is 28.4 Å². The van der Waals surface area contributed by atoms with E-state index in [1.54, 1.807) is 0 Å². The fourth-order valence-electron chi connectivity index (χ4n) is 2.76. The van der Waals surface area contributed by atoms with Crippen molar-refractivity contribution >= 4 is 42.0 Å².